The quantitative estimate of drug-likeness (QED) is 0.468. The number of aromatic nitrogens is 1. The van der Waals surface area contributed by atoms with Gasteiger partial charge in [-0.2, -0.15) is 0 Å². The van der Waals surface area contributed by atoms with Gasteiger partial charge < -0.3 is 19.5 Å². The molecule has 4 rings (SSSR count). The van der Waals surface area contributed by atoms with Gasteiger partial charge in [0.25, 0.3) is 0 Å². The summed E-state index contributed by atoms with van der Waals surface area (Å²) in [6.45, 7) is 1.65. The Morgan fingerprint density at radius 1 is 1.13 bits per heavy atom. The predicted octanol–water partition coefficient (Wildman–Crippen LogP) is 4.48. The van der Waals surface area contributed by atoms with Crippen molar-refractivity contribution in [1.82, 2.24) is 14.8 Å². The van der Waals surface area contributed by atoms with Crippen molar-refractivity contribution in [3.05, 3.63) is 89.9 Å². The Bertz CT molecular complexity index is 1080. The molecule has 0 atom stereocenters. The van der Waals surface area contributed by atoms with Gasteiger partial charge >= 0.3 is 5.97 Å². The lowest BCUT2D eigenvalue weighted by Crippen LogP contribution is -2.19. The Balaban J connectivity index is 1.52. The SMILES string of the molecule is CN(C)CCc1c[nH]c2cccc(OC(=O)C3=CN(Cc4ccccc4)C=CC3)c12. The maximum absolute atomic E-state index is 12.9. The molecular weight excluding hydrogens is 374 g/mol. The fourth-order valence-corrected chi connectivity index (χ4v) is 3.65. The molecule has 0 fully saturated rings. The van der Waals surface area contributed by atoms with Crippen molar-refractivity contribution in [2.75, 3.05) is 20.6 Å². The summed E-state index contributed by atoms with van der Waals surface area (Å²) in [4.78, 5) is 20.4. The number of ether oxygens (including phenoxy) is 1. The lowest BCUT2D eigenvalue weighted by atomic mass is 10.1. The van der Waals surface area contributed by atoms with Crippen LogP contribution in [0.2, 0.25) is 0 Å². The molecule has 1 N–H and O–H groups in total. The van der Waals surface area contributed by atoms with E-state index in [9.17, 15) is 4.79 Å². The minimum atomic E-state index is -0.301. The van der Waals surface area contributed by atoms with Gasteiger partial charge in [-0.15, -0.1) is 0 Å². The fourth-order valence-electron chi connectivity index (χ4n) is 3.65. The molecule has 0 saturated heterocycles. The number of benzene rings is 2. The van der Waals surface area contributed by atoms with Gasteiger partial charge in [0.15, 0.2) is 0 Å². The molecule has 30 heavy (non-hydrogen) atoms. The van der Waals surface area contributed by atoms with Crippen molar-refractivity contribution in [2.45, 2.75) is 19.4 Å². The van der Waals surface area contributed by atoms with Gasteiger partial charge in [0.05, 0.1) is 5.57 Å². The zero-order valence-electron chi connectivity index (χ0n) is 17.5. The van der Waals surface area contributed by atoms with E-state index in [0.717, 1.165) is 36.0 Å². The highest BCUT2D eigenvalue weighted by atomic mass is 16.5. The second-order valence-electron chi connectivity index (χ2n) is 7.84. The molecule has 0 bridgehead atoms. The van der Waals surface area contributed by atoms with Gasteiger partial charge in [0.2, 0.25) is 0 Å². The monoisotopic (exact) mass is 401 g/mol. The molecule has 0 saturated carbocycles. The summed E-state index contributed by atoms with van der Waals surface area (Å²) >= 11 is 0. The van der Waals surface area contributed by atoms with Crippen molar-refractivity contribution in [3.63, 3.8) is 0 Å². The molecule has 0 aliphatic carbocycles. The molecule has 5 heteroatoms. The largest absolute Gasteiger partial charge is 0.422 e. The summed E-state index contributed by atoms with van der Waals surface area (Å²) in [6.07, 6.45) is 9.36. The molecule has 2 aromatic carbocycles. The van der Waals surface area contributed by atoms with E-state index in [0.29, 0.717) is 17.7 Å². The highest BCUT2D eigenvalue weighted by Crippen LogP contribution is 2.30. The van der Waals surface area contributed by atoms with Gasteiger partial charge in [0, 0.05) is 49.0 Å². The van der Waals surface area contributed by atoms with E-state index < -0.39 is 0 Å². The second-order valence-corrected chi connectivity index (χ2v) is 7.84. The van der Waals surface area contributed by atoms with E-state index in [1.807, 2.05) is 66.0 Å². The Morgan fingerprint density at radius 2 is 1.97 bits per heavy atom. The smallest absolute Gasteiger partial charge is 0.341 e. The Hall–Kier alpha value is -3.31. The van der Waals surface area contributed by atoms with Crippen molar-refractivity contribution >= 4 is 16.9 Å². The third kappa shape index (κ3) is 4.63. The number of esters is 1. The second kappa shape index (κ2) is 9.01. The van der Waals surface area contributed by atoms with Crippen LogP contribution in [0, 0.1) is 0 Å². The minimum Gasteiger partial charge on any atom is -0.422 e. The number of rotatable bonds is 7. The molecule has 154 valence electrons. The fraction of sp³-hybridized carbons (Fsp3) is 0.240. The third-order valence-corrected chi connectivity index (χ3v) is 5.21. The topological polar surface area (TPSA) is 48.6 Å². The number of likely N-dealkylation sites (N-methyl/N-ethyl adjacent to an activating group) is 1. The molecule has 0 spiro atoms. The number of H-pyrrole nitrogens is 1. The number of carbonyl (C=O) groups excluding carboxylic acids is 1. The van der Waals surface area contributed by atoms with Gasteiger partial charge in [0.1, 0.15) is 5.75 Å². The van der Waals surface area contributed by atoms with Crippen molar-refractivity contribution in [1.29, 1.82) is 0 Å². The first-order valence-corrected chi connectivity index (χ1v) is 10.2. The van der Waals surface area contributed by atoms with Crippen molar-refractivity contribution in [3.8, 4) is 5.75 Å². The van der Waals surface area contributed by atoms with E-state index in [-0.39, 0.29) is 5.97 Å². The van der Waals surface area contributed by atoms with Crippen LogP contribution in [0.4, 0.5) is 0 Å². The molecule has 1 aliphatic rings. The number of fused-ring (bicyclic) bond motifs is 1. The lowest BCUT2D eigenvalue weighted by Gasteiger charge is -2.21. The number of hydrogen-bond donors (Lipinski definition) is 1. The summed E-state index contributed by atoms with van der Waals surface area (Å²) in [5.41, 5.74) is 3.98. The first-order valence-electron chi connectivity index (χ1n) is 10.2. The number of carbonyl (C=O) groups is 1. The molecule has 0 radical (unpaired) electrons. The lowest BCUT2D eigenvalue weighted by molar-refractivity contribution is -0.130. The van der Waals surface area contributed by atoms with Crippen LogP contribution in [-0.2, 0) is 17.8 Å². The number of nitrogens with zero attached hydrogens (tertiary/aromatic N) is 2. The van der Waals surface area contributed by atoms with Crippen molar-refractivity contribution in [2.24, 2.45) is 0 Å². The molecular formula is C25H27N3O2. The van der Waals surface area contributed by atoms with E-state index in [1.54, 1.807) is 0 Å². The predicted molar refractivity (Wildman–Crippen MR) is 120 cm³/mol. The van der Waals surface area contributed by atoms with Crippen molar-refractivity contribution < 1.29 is 9.53 Å². The van der Waals surface area contributed by atoms with Gasteiger partial charge in [-0.25, -0.2) is 4.79 Å². The van der Waals surface area contributed by atoms with Crippen LogP contribution in [0.25, 0.3) is 10.9 Å². The Morgan fingerprint density at radius 3 is 2.77 bits per heavy atom. The van der Waals surface area contributed by atoms with E-state index >= 15 is 0 Å². The van der Waals surface area contributed by atoms with Crippen LogP contribution in [0.5, 0.6) is 5.75 Å². The molecule has 1 aliphatic heterocycles. The van der Waals surface area contributed by atoms with E-state index in [4.69, 9.17) is 4.74 Å². The maximum Gasteiger partial charge on any atom is 0.341 e. The highest BCUT2D eigenvalue weighted by Gasteiger charge is 2.18. The highest BCUT2D eigenvalue weighted by molar-refractivity contribution is 5.95. The summed E-state index contributed by atoms with van der Waals surface area (Å²) in [6, 6.07) is 16.0. The van der Waals surface area contributed by atoms with E-state index in [2.05, 4.69) is 36.1 Å². The van der Waals surface area contributed by atoms with Crippen LogP contribution < -0.4 is 4.74 Å². The average Bonchev–Trinajstić information content (AvgIpc) is 3.17. The standard InChI is InChI=1S/C25H27N3O2/c1-27(2)15-13-20-16-26-22-11-6-12-23(24(20)22)30-25(29)21-10-7-14-28(18-21)17-19-8-4-3-5-9-19/h3-9,11-12,14,16,18,26H,10,13,15,17H2,1-2H3. The maximum atomic E-state index is 12.9. The number of hydrogen-bond acceptors (Lipinski definition) is 4. The normalized spacial score (nSPS) is 13.7. The number of aromatic amines is 1. The Kier molecular flexibility index (Phi) is 6.00. The average molecular weight is 402 g/mol. The van der Waals surface area contributed by atoms with Gasteiger partial charge in [-0.3, -0.25) is 0 Å². The minimum absolute atomic E-state index is 0.301. The van der Waals surface area contributed by atoms with Crippen LogP contribution in [0.1, 0.15) is 17.5 Å². The molecule has 1 aromatic heterocycles. The molecule has 2 heterocycles. The zero-order valence-corrected chi connectivity index (χ0v) is 17.5. The summed E-state index contributed by atoms with van der Waals surface area (Å²) in [5, 5.41) is 0.987. The summed E-state index contributed by atoms with van der Waals surface area (Å²) in [7, 11) is 4.11. The van der Waals surface area contributed by atoms with Crippen LogP contribution in [-0.4, -0.2) is 41.4 Å². The molecule has 0 amide bonds. The van der Waals surface area contributed by atoms with E-state index in [1.165, 1.54) is 5.56 Å². The van der Waals surface area contributed by atoms with Crippen LogP contribution in [0.15, 0.2) is 78.8 Å². The summed E-state index contributed by atoms with van der Waals surface area (Å²) < 4.78 is 5.87. The summed E-state index contributed by atoms with van der Waals surface area (Å²) in [5.74, 6) is 0.308. The first kappa shape index (κ1) is 20.0. The zero-order chi connectivity index (χ0) is 20.9. The number of nitrogens with one attached hydrogen (secondary N) is 1. The van der Waals surface area contributed by atoms with Gasteiger partial charge in [-0.1, -0.05) is 42.5 Å². The molecule has 0 unspecified atom stereocenters. The molecule has 3 aromatic rings. The Labute approximate surface area is 177 Å². The first-order chi connectivity index (χ1) is 14.6. The molecule has 5 nitrogen and oxygen atoms in total. The number of allylic oxidation sites excluding steroid dienone is 1. The van der Waals surface area contributed by atoms with Gasteiger partial charge in [-0.05, 0) is 43.8 Å². The van der Waals surface area contributed by atoms with Crippen LogP contribution in [0.3, 0.4) is 0 Å². The van der Waals surface area contributed by atoms with Crippen LogP contribution >= 0.6 is 0 Å². The third-order valence-electron chi connectivity index (χ3n) is 5.21.